The molecule has 0 spiro atoms. The number of nitriles is 1. The lowest BCUT2D eigenvalue weighted by Crippen LogP contribution is -2.30. The van der Waals surface area contributed by atoms with E-state index in [-0.39, 0.29) is 21.9 Å². The summed E-state index contributed by atoms with van der Waals surface area (Å²) in [5.41, 5.74) is 0.800. The number of rotatable bonds is 4. The van der Waals surface area contributed by atoms with Crippen LogP contribution >= 0.6 is 11.6 Å². The third-order valence-electron chi connectivity index (χ3n) is 2.81. The first kappa shape index (κ1) is 16.0. The lowest BCUT2D eigenvalue weighted by molar-refractivity contribution is 0.0981. The van der Waals surface area contributed by atoms with Gasteiger partial charge in [0, 0.05) is 10.6 Å². The average molecular weight is 335 g/mol. The average Bonchev–Trinajstić information content (AvgIpc) is 2.47. The summed E-state index contributed by atoms with van der Waals surface area (Å²) >= 11 is 5.75. The van der Waals surface area contributed by atoms with E-state index in [0.717, 1.165) is 0 Å². The first-order chi connectivity index (χ1) is 10.4. The number of nitrogens with zero attached hydrogens (tertiary/aromatic N) is 1. The van der Waals surface area contributed by atoms with Crippen LogP contribution in [0.25, 0.3) is 0 Å². The molecule has 0 fully saturated rings. The summed E-state index contributed by atoms with van der Waals surface area (Å²) in [5, 5.41) is 8.91. The van der Waals surface area contributed by atoms with Gasteiger partial charge in [0.05, 0.1) is 17.4 Å². The molecule has 2 aromatic rings. The largest absolute Gasteiger partial charge is 0.268 e. The van der Waals surface area contributed by atoms with Crippen molar-refractivity contribution in [2.24, 2.45) is 0 Å². The van der Waals surface area contributed by atoms with Gasteiger partial charge in [-0.25, -0.2) is 13.1 Å². The third-order valence-corrected chi connectivity index (χ3v) is 4.37. The number of benzene rings is 2. The van der Waals surface area contributed by atoms with E-state index < -0.39 is 15.9 Å². The number of nitrogens with one attached hydrogen (secondary N) is 1. The Labute approximate surface area is 133 Å². The number of hydrogen-bond acceptors (Lipinski definition) is 4. The Kier molecular flexibility index (Phi) is 4.81. The van der Waals surface area contributed by atoms with Crippen molar-refractivity contribution in [2.45, 2.75) is 11.3 Å². The highest BCUT2D eigenvalue weighted by Crippen LogP contribution is 2.16. The molecule has 7 heteroatoms. The molecule has 0 saturated heterocycles. The van der Waals surface area contributed by atoms with Crippen molar-refractivity contribution in [3.63, 3.8) is 0 Å². The molecular formula is C15H11ClN2O3S. The second kappa shape index (κ2) is 6.60. The fourth-order valence-corrected chi connectivity index (χ4v) is 3.06. The van der Waals surface area contributed by atoms with Crippen LogP contribution in [0.4, 0.5) is 0 Å². The zero-order valence-electron chi connectivity index (χ0n) is 11.3. The van der Waals surface area contributed by atoms with Crippen molar-refractivity contribution in [1.82, 2.24) is 4.72 Å². The van der Waals surface area contributed by atoms with E-state index in [2.05, 4.69) is 0 Å². The van der Waals surface area contributed by atoms with Gasteiger partial charge in [-0.3, -0.25) is 4.79 Å². The molecule has 2 rings (SSSR count). The van der Waals surface area contributed by atoms with E-state index in [1.807, 2.05) is 10.8 Å². The highest BCUT2D eigenvalue weighted by atomic mass is 35.5. The van der Waals surface area contributed by atoms with Crippen LogP contribution in [0.3, 0.4) is 0 Å². The Morgan fingerprint density at radius 1 is 1.18 bits per heavy atom. The zero-order chi connectivity index (χ0) is 16.2. The zero-order valence-corrected chi connectivity index (χ0v) is 12.9. The summed E-state index contributed by atoms with van der Waals surface area (Å²) in [4.78, 5) is 12.0. The molecule has 1 amide bonds. The predicted molar refractivity (Wildman–Crippen MR) is 81.9 cm³/mol. The van der Waals surface area contributed by atoms with Crippen molar-refractivity contribution in [3.05, 3.63) is 64.7 Å². The minimum atomic E-state index is -4.00. The van der Waals surface area contributed by atoms with Gasteiger partial charge >= 0.3 is 0 Å². The molecule has 0 radical (unpaired) electrons. The first-order valence-electron chi connectivity index (χ1n) is 6.21. The van der Waals surface area contributed by atoms with Crippen LogP contribution in [0.15, 0.2) is 53.4 Å². The summed E-state index contributed by atoms with van der Waals surface area (Å²) < 4.78 is 26.2. The Hall–Kier alpha value is -2.36. The maximum Gasteiger partial charge on any atom is 0.265 e. The van der Waals surface area contributed by atoms with Crippen LogP contribution < -0.4 is 4.72 Å². The van der Waals surface area contributed by atoms with Gasteiger partial charge in [0.15, 0.2) is 0 Å². The number of halogens is 1. The van der Waals surface area contributed by atoms with E-state index in [1.165, 1.54) is 36.4 Å². The monoisotopic (exact) mass is 334 g/mol. The van der Waals surface area contributed by atoms with E-state index in [4.69, 9.17) is 16.9 Å². The summed E-state index contributed by atoms with van der Waals surface area (Å²) in [5.74, 6) is -0.764. The van der Waals surface area contributed by atoms with Crippen molar-refractivity contribution in [3.8, 4) is 6.07 Å². The standard InChI is InChI=1S/C15H11ClN2O3S/c16-13-5-2-6-14(10-13)22(20,21)18-15(19)12-4-1-3-11(9-12)7-8-17/h1-6,9-10H,7H2,(H,18,19). The number of carbonyl (C=O) groups excluding carboxylic acids is 1. The Morgan fingerprint density at radius 3 is 2.59 bits per heavy atom. The van der Waals surface area contributed by atoms with Gasteiger partial charge in [0.25, 0.3) is 15.9 Å². The van der Waals surface area contributed by atoms with Crippen LogP contribution in [0, 0.1) is 11.3 Å². The topological polar surface area (TPSA) is 87.0 Å². The second-order valence-corrected chi connectivity index (χ2v) is 6.55. The van der Waals surface area contributed by atoms with Crippen molar-refractivity contribution >= 4 is 27.5 Å². The Bertz CT molecular complexity index is 857. The molecule has 0 unspecified atom stereocenters. The maximum absolute atomic E-state index is 12.1. The molecule has 1 N–H and O–H groups in total. The van der Waals surface area contributed by atoms with Gasteiger partial charge < -0.3 is 0 Å². The molecule has 2 aromatic carbocycles. The number of sulfonamides is 1. The molecule has 0 bridgehead atoms. The van der Waals surface area contributed by atoms with Gasteiger partial charge in [-0.2, -0.15) is 5.26 Å². The SMILES string of the molecule is N#CCc1cccc(C(=O)NS(=O)(=O)c2cccc(Cl)c2)c1. The number of hydrogen-bond donors (Lipinski definition) is 1. The molecule has 0 heterocycles. The molecule has 0 aromatic heterocycles. The number of carbonyl (C=O) groups is 1. The van der Waals surface area contributed by atoms with E-state index in [0.29, 0.717) is 5.56 Å². The molecule has 5 nitrogen and oxygen atoms in total. The minimum Gasteiger partial charge on any atom is -0.268 e. The highest BCUT2D eigenvalue weighted by Gasteiger charge is 2.19. The number of amides is 1. The third kappa shape index (κ3) is 3.85. The van der Waals surface area contributed by atoms with Crippen LogP contribution in [0.2, 0.25) is 5.02 Å². The molecular weight excluding hydrogens is 324 g/mol. The predicted octanol–water partition coefficient (Wildman–Crippen LogP) is 2.52. The Morgan fingerprint density at radius 2 is 1.91 bits per heavy atom. The lowest BCUT2D eigenvalue weighted by Gasteiger charge is -2.08. The van der Waals surface area contributed by atoms with E-state index in [9.17, 15) is 13.2 Å². The molecule has 0 aliphatic rings. The van der Waals surface area contributed by atoms with Gasteiger partial charge in [-0.15, -0.1) is 0 Å². The van der Waals surface area contributed by atoms with Gasteiger partial charge in [0.2, 0.25) is 0 Å². The molecule has 0 aliphatic heterocycles. The van der Waals surface area contributed by atoms with E-state index in [1.54, 1.807) is 12.1 Å². The van der Waals surface area contributed by atoms with Crippen LogP contribution in [-0.4, -0.2) is 14.3 Å². The minimum absolute atomic E-state index is 0.0958. The van der Waals surface area contributed by atoms with Crippen LogP contribution in [-0.2, 0) is 16.4 Å². The lowest BCUT2D eigenvalue weighted by atomic mass is 10.1. The fraction of sp³-hybridized carbons (Fsp3) is 0.0667. The summed E-state index contributed by atoms with van der Waals surface area (Å²) in [6.07, 6.45) is 0.141. The maximum atomic E-state index is 12.1. The van der Waals surface area contributed by atoms with Crippen LogP contribution in [0.5, 0.6) is 0 Å². The fourth-order valence-electron chi connectivity index (χ4n) is 1.79. The van der Waals surface area contributed by atoms with E-state index >= 15 is 0 Å². The smallest absolute Gasteiger partial charge is 0.265 e. The summed E-state index contributed by atoms with van der Waals surface area (Å²) in [6, 6.07) is 13.8. The molecule has 22 heavy (non-hydrogen) atoms. The summed E-state index contributed by atoms with van der Waals surface area (Å²) in [7, 11) is -4.00. The molecule has 0 saturated carbocycles. The first-order valence-corrected chi connectivity index (χ1v) is 8.07. The van der Waals surface area contributed by atoms with Gasteiger partial charge in [-0.05, 0) is 35.9 Å². The second-order valence-electron chi connectivity index (χ2n) is 4.43. The summed E-state index contributed by atoms with van der Waals surface area (Å²) in [6.45, 7) is 0. The van der Waals surface area contributed by atoms with Crippen molar-refractivity contribution in [1.29, 1.82) is 5.26 Å². The molecule has 112 valence electrons. The quantitative estimate of drug-likeness (QED) is 0.930. The highest BCUT2D eigenvalue weighted by molar-refractivity contribution is 7.90. The van der Waals surface area contributed by atoms with Gasteiger partial charge in [-0.1, -0.05) is 29.8 Å². The molecule has 0 aliphatic carbocycles. The molecule has 0 atom stereocenters. The van der Waals surface area contributed by atoms with Crippen molar-refractivity contribution in [2.75, 3.05) is 0 Å². The normalized spacial score (nSPS) is 10.7. The van der Waals surface area contributed by atoms with Gasteiger partial charge in [0.1, 0.15) is 0 Å². The van der Waals surface area contributed by atoms with Crippen LogP contribution in [0.1, 0.15) is 15.9 Å². The Balaban J connectivity index is 2.25. The van der Waals surface area contributed by atoms with Crippen molar-refractivity contribution < 1.29 is 13.2 Å².